The number of rotatable bonds is 7. The van der Waals surface area contributed by atoms with Gasteiger partial charge in [0.1, 0.15) is 18.1 Å². The van der Waals surface area contributed by atoms with Crippen LogP contribution in [0.4, 0.5) is 0 Å². The van der Waals surface area contributed by atoms with Crippen LogP contribution in [0.15, 0.2) is 24.3 Å². The van der Waals surface area contributed by atoms with E-state index in [1.54, 1.807) is 31.4 Å². The molecule has 1 amide bonds. The number of ether oxygens (including phenoxy) is 2. The fourth-order valence-electron chi connectivity index (χ4n) is 2.76. The van der Waals surface area contributed by atoms with Crippen LogP contribution >= 0.6 is 12.4 Å². The molecule has 0 saturated carbocycles. The molecule has 0 atom stereocenters. The molecule has 9 heteroatoms. The quantitative estimate of drug-likeness (QED) is 0.666. The summed E-state index contributed by atoms with van der Waals surface area (Å²) in [5.74, 6) is 0.950. The number of methoxy groups -OCH3 is 1. The molecular weight excluding hydrogens is 368 g/mol. The number of sulfone groups is 1. The average molecular weight is 393 g/mol. The summed E-state index contributed by atoms with van der Waals surface area (Å²) in [7, 11) is -1.90. The second kappa shape index (κ2) is 9.26. The third kappa shape index (κ3) is 5.23. The molecule has 0 spiro atoms. The SMILES string of the molecule is COc1ccc(OCCNC(=O)C2(S(C)(=O)=O)CCNCC2)cc1.Cl. The van der Waals surface area contributed by atoms with Gasteiger partial charge in [0.25, 0.3) is 0 Å². The lowest BCUT2D eigenvalue weighted by Gasteiger charge is -2.34. The zero-order chi connectivity index (χ0) is 17.6. The Morgan fingerprint density at radius 3 is 2.28 bits per heavy atom. The molecule has 2 rings (SSSR count). The fourth-order valence-corrected chi connectivity index (χ4v) is 4.12. The normalized spacial score (nSPS) is 16.4. The van der Waals surface area contributed by atoms with E-state index in [1.807, 2.05) is 0 Å². The number of carbonyl (C=O) groups excluding carboxylic acids is 1. The van der Waals surface area contributed by atoms with E-state index < -0.39 is 20.5 Å². The summed E-state index contributed by atoms with van der Waals surface area (Å²) in [6, 6.07) is 7.10. The Balaban J connectivity index is 0.00000312. The molecule has 1 saturated heterocycles. The fraction of sp³-hybridized carbons (Fsp3) is 0.562. The van der Waals surface area contributed by atoms with Gasteiger partial charge in [-0.1, -0.05) is 0 Å². The molecule has 0 bridgehead atoms. The van der Waals surface area contributed by atoms with E-state index in [1.165, 1.54) is 0 Å². The number of nitrogens with one attached hydrogen (secondary N) is 2. The molecule has 0 aliphatic carbocycles. The van der Waals surface area contributed by atoms with Crippen LogP contribution in [0, 0.1) is 0 Å². The van der Waals surface area contributed by atoms with Crippen molar-refractivity contribution in [2.45, 2.75) is 17.6 Å². The van der Waals surface area contributed by atoms with E-state index >= 15 is 0 Å². The maximum Gasteiger partial charge on any atom is 0.241 e. The number of benzene rings is 1. The van der Waals surface area contributed by atoms with Crippen LogP contribution < -0.4 is 20.1 Å². The van der Waals surface area contributed by atoms with Crippen molar-refractivity contribution < 1.29 is 22.7 Å². The first-order chi connectivity index (χ1) is 11.4. The molecule has 0 unspecified atom stereocenters. The Labute approximate surface area is 154 Å². The number of hydrogen-bond donors (Lipinski definition) is 2. The minimum absolute atomic E-state index is 0. The number of carbonyl (C=O) groups is 1. The van der Waals surface area contributed by atoms with Gasteiger partial charge in [-0.2, -0.15) is 0 Å². The highest BCUT2D eigenvalue weighted by molar-refractivity contribution is 7.92. The summed E-state index contributed by atoms with van der Waals surface area (Å²) in [5.41, 5.74) is 0. The largest absolute Gasteiger partial charge is 0.497 e. The minimum Gasteiger partial charge on any atom is -0.497 e. The Morgan fingerprint density at radius 1 is 1.20 bits per heavy atom. The third-order valence-electron chi connectivity index (χ3n) is 4.25. The van der Waals surface area contributed by atoms with Gasteiger partial charge < -0.3 is 20.1 Å². The van der Waals surface area contributed by atoms with E-state index in [0.717, 1.165) is 12.0 Å². The Hall–Kier alpha value is -1.51. The van der Waals surface area contributed by atoms with Crippen molar-refractivity contribution >= 4 is 28.2 Å². The van der Waals surface area contributed by atoms with Gasteiger partial charge in [0.2, 0.25) is 5.91 Å². The van der Waals surface area contributed by atoms with Gasteiger partial charge in [-0.15, -0.1) is 12.4 Å². The summed E-state index contributed by atoms with van der Waals surface area (Å²) in [4.78, 5) is 12.5. The predicted octanol–water partition coefficient (Wildman–Crippen LogP) is 0.779. The molecular formula is C16H25ClN2O5S. The van der Waals surface area contributed by atoms with Crippen LogP contribution in [0.25, 0.3) is 0 Å². The van der Waals surface area contributed by atoms with Crippen LogP contribution in [-0.2, 0) is 14.6 Å². The second-order valence-electron chi connectivity index (χ2n) is 5.80. The van der Waals surface area contributed by atoms with Crippen molar-refractivity contribution in [1.82, 2.24) is 10.6 Å². The van der Waals surface area contributed by atoms with E-state index in [4.69, 9.17) is 9.47 Å². The lowest BCUT2D eigenvalue weighted by Crippen LogP contribution is -2.57. The van der Waals surface area contributed by atoms with Gasteiger partial charge in [-0.25, -0.2) is 8.42 Å². The molecule has 0 aromatic heterocycles. The first kappa shape index (κ1) is 21.5. The molecule has 7 nitrogen and oxygen atoms in total. The van der Waals surface area contributed by atoms with Crippen molar-refractivity contribution in [3.05, 3.63) is 24.3 Å². The standard InChI is InChI=1S/C16H24N2O5S.ClH/c1-22-13-3-5-14(6-4-13)23-12-11-18-15(19)16(24(2,20)21)7-9-17-10-8-16;/h3-6,17H,7-12H2,1-2H3,(H,18,19);1H. The van der Waals surface area contributed by atoms with E-state index in [0.29, 0.717) is 18.8 Å². The van der Waals surface area contributed by atoms with E-state index in [-0.39, 0.29) is 38.4 Å². The zero-order valence-electron chi connectivity index (χ0n) is 14.4. The van der Waals surface area contributed by atoms with Crippen molar-refractivity contribution in [3.8, 4) is 11.5 Å². The maximum absolute atomic E-state index is 12.5. The molecule has 1 aromatic carbocycles. The summed E-state index contributed by atoms with van der Waals surface area (Å²) in [5, 5.41) is 5.78. The summed E-state index contributed by atoms with van der Waals surface area (Å²) in [6.45, 7) is 1.54. The summed E-state index contributed by atoms with van der Waals surface area (Å²) < 4.78 is 33.5. The van der Waals surface area contributed by atoms with Crippen LogP contribution in [0.5, 0.6) is 11.5 Å². The molecule has 142 valence electrons. The smallest absolute Gasteiger partial charge is 0.241 e. The summed E-state index contributed by atoms with van der Waals surface area (Å²) >= 11 is 0. The highest BCUT2D eigenvalue weighted by Crippen LogP contribution is 2.27. The molecule has 2 N–H and O–H groups in total. The van der Waals surface area contributed by atoms with Crippen LogP contribution in [-0.4, -0.2) is 58.7 Å². The van der Waals surface area contributed by atoms with Crippen LogP contribution in [0.3, 0.4) is 0 Å². The molecule has 1 aliphatic heterocycles. The predicted molar refractivity (Wildman–Crippen MR) is 98.4 cm³/mol. The Bertz CT molecular complexity index is 658. The highest BCUT2D eigenvalue weighted by atomic mass is 35.5. The number of halogens is 1. The molecule has 1 aromatic rings. The van der Waals surface area contributed by atoms with Gasteiger partial charge >= 0.3 is 0 Å². The minimum atomic E-state index is -3.49. The molecule has 0 radical (unpaired) electrons. The zero-order valence-corrected chi connectivity index (χ0v) is 16.0. The maximum atomic E-state index is 12.5. The third-order valence-corrected chi connectivity index (χ3v) is 6.26. The van der Waals surface area contributed by atoms with E-state index in [2.05, 4.69) is 10.6 Å². The Morgan fingerprint density at radius 2 is 1.76 bits per heavy atom. The van der Waals surface area contributed by atoms with Crippen molar-refractivity contribution in [2.24, 2.45) is 0 Å². The Kier molecular flexibility index (Phi) is 7.98. The van der Waals surface area contributed by atoms with Crippen molar-refractivity contribution in [1.29, 1.82) is 0 Å². The highest BCUT2D eigenvalue weighted by Gasteiger charge is 2.48. The van der Waals surface area contributed by atoms with Crippen molar-refractivity contribution in [2.75, 3.05) is 39.6 Å². The first-order valence-electron chi connectivity index (χ1n) is 7.84. The summed E-state index contributed by atoms with van der Waals surface area (Å²) in [6.07, 6.45) is 1.71. The van der Waals surface area contributed by atoms with Gasteiger partial charge in [0.15, 0.2) is 14.6 Å². The van der Waals surface area contributed by atoms with Gasteiger partial charge in [0, 0.05) is 6.26 Å². The molecule has 1 heterocycles. The first-order valence-corrected chi connectivity index (χ1v) is 9.74. The second-order valence-corrected chi connectivity index (χ2v) is 8.12. The van der Waals surface area contributed by atoms with Crippen LogP contribution in [0.1, 0.15) is 12.8 Å². The average Bonchev–Trinajstić information content (AvgIpc) is 2.58. The van der Waals surface area contributed by atoms with Crippen molar-refractivity contribution in [3.63, 3.8) is 0 Å². The number of amides is 1. The number of hydrogen-bond acceptors (Lipinski definition) is 6. The van der Waals surface area contributed by atoms with Gasteiger partial charge in [0.05, 0.1) is 13.7 Å². The van der Waals surface area contributed by atoms with Gasteiger partial charge in [-0.3, -0.25) is 4.79 Å². The lowest BCUT2D eigenvalue weighted by molar-refractivity contribution is -0.124. The molecule has 25 heavy (non-hydrogen) atoms. The van der Waals surface area contributed by atoms with Crippen LogP contribution in [0.2, 0.25) is 0 Å². The van der Waals surface area contributed by atoms with Gasteiger partial charge in [-0.05, 0) is 50.2 Å². The molecule has 1 fully saturated rings. The topological polar surface area (TPSA) is 93.7 Å². The monoisotopic (exact) mass is 392 g/mol. The van der Waals surface area contributed by atoms with E-state index in [9.17, 15) is 13.2 Å². The number of piperidine rings is 1. The molecule has 1 aliphatic rings. The lowest BCUT2D eigenvalue weighted by atomic mass is 9.96.